The summed E-state index contributed by atoms with van der Waals surface area (Å²) in [5.74, 6) is -0.663. The molecule has 174 valence electrons. The first-order valence-electron chi connectivity index (χ1n) is 9.58. The number of nitrogens with zero attached hydrogens (tertiary/aromatic N) is 1. The molecule has 1 aromatic rings. The van der Waals surface area contributed by atoms with Gasteiger partial charge < -0.3 is 14.2 Å². The van der Waals surface area contributed by atoms with Crippen molar-refractivity contribution in [1.29, 1.82) is 0 Å². The van der Waals surface area contributed by atoms with Gasteiger partial charge in [-0.15, -0.1) is 0 Å². The average molecular weight is 465 g/mol. The standard InChI is InChI=1S/C17H25FN3O9P/c1-9(2)29-14(23)10(3)20-31(25)27-7-11-13(26-8-28-31)17(4,18)15(30-11)21-6-5-12(22)19-16(21)24/h5-6,9-11,13,15H,7-8H2,1-4H3,(H,20,25)(H,19,22,24)/t10-,11+,13+,15+,17+,31?/m0/s1. The van der Waals surface area contributed by atoms with Crippen LogP contribution in [0.15, 0.2) is 21.9 Å². The third-order valence-corrected chi connectivity index (χ3v) is 6.36. The second kappa shape index (κ2) is 8.93. The first-order chi connectivity index (χ1) is 14.4. The number of hydrogen-bond acceptors (Lipinski definition) is 9. The molecule has 0 bridgehead atoms. The molecular formula is C17H25FN3O9P. The zero-order valence-corrected chi connectivity index (χ0v) is 18.3. The fourth-order valence-electron chi connectivity index (χ4n) is 3.30. The number of fused-ring (bicyclic) bond motifs is 1. The highest BCUT2D eigenvalue weighted by atomic mass is 31.2. The molecule has 2 saturated heterocycles. The van der Waals surface area contributed by atoms with Gasteiger partial charge in [-0.1, -0.05) is 0 Å². The third-order valence-electron chi connectivity index (χ3n) is 4.72. The molecule has 12 nitrogen and oxygen atoms in total. The van der Waals surface area contributed by atoms with Gasteiger partial charge in [0.2, 0.25) is 0 Å². The molecular weight excluding hydrogens is 440 g/mol. The molecule has 0 aromatic carbocycles. The predicted octanol–water partition coefficient (Wildman–Crippen LogP) is 0.589. The van der Waals surface area contributed by atoms with E-state index in [0.717, 1.165) is 16.8 Å². The Balaban J connectivity index is 1.75. The van der Waals surface area contributed by atoms with Crippen molar-refractivity contribution < 1.29 is 37.0 Å². The monoisotopic (exact) mass is 465 g/mol. The van der Waals surface area contributed by atoms with Crippen LogP contribution in [0.2, 0.25) is 0 Å². The number of alkyl halides is 1. The van der Waals surface area contributed by atoms with Gasteiger partial charge in [-0.3, -0.25) is 28.2 Å². The minimum Gasteiger partial charge on any atom is -0.462 e. The molecule has 3 heterocycles. The van der Waals surface area contributed by atoms with E-state index in [1.165, 1.54) is 13.8 Å². The van der Waals surface area contributed by atoms with E-state index in [1.54, 1.807) is 13.8 Å². The fourth-order valence-corrected chi connectivity index (χ4v) is 4.65. The lowest BCUT2D eigenvalue weighted by Crippen LogP contribution is -2.46. The second-order valence-corrected chi connectivity index (χ2v) is 9.43. The maximum atomic E-state index is 15.6. The van der Waals surface area contributed by atoms with Crippen LogP contribution in [0.5, 0.6) is 0 Å². The highest BCUT2D eigenvalue weighted by molar-refractivity contribution is 7.51. The van der Waals surface area contributed by atoms with Crippen LogP contribution in [0.4, 0.5) is 4.39 Å². The van der Waals surface area contributed by atoms with Gasteiger partial charge in [0.15, 0.2) is 18.7 Å². The lowest BCUT2D eigenvalue weighted by atomic mass is 9.98. The van der Waals surface area contributed by atoms with E-state index in [4.69, 9.17) is 23.3 Å². The molecule has 1 unspecified atom stereocenters. The van der Waals surface area contributed by atoms with E-state index in [1.807, 2.05) is 4.98 Å². The molecule has 0 radical (unpaired) electrons. The van der Waals surface area contributed by atoms with Crippen molar-refractivity contribution in [2.24, 2.45) is 0 Å². The number of ether oxygens (including phenoxy) is 3. The Hall–Kier alpha value is -1.89. The number of nitrogens with one attached hydrogen (secondary N) is 2. The van der Waals surface area contributed by atoms with Gasteiger partial charge in [-0.05, 0) is 27.7 Å². The normalized spacial score (nSPS) is 34.6. The Morgan fingerprint density at radius 3 is 2.74 bits per heavy atom. The molecule has 0 amide bonds. The van der Waals surface area contributed by atoms with Crippen molar-refractivity contribution in [2.45, 2.75) is 63.9 Å². The van der Waals surface area contributed by atoms with Crippen LogP contribution >= 0.6 is 7.75 Å². The van der Waals surface area contributed by atoms with Crippen molar-refractivity contribution in [1.82, 2.24) is 14.6 Å². The number of carbonyl (C=O) groups excluding carboxylic acids is 1. The Bertz CT molecular complexity index is 978. The van der Waals surface area contributed by atoms with Crippen LogP contribution < -0.4 is 16.3 Å². The predicted molar refractivity (Wildman–Crippen MR) is 103 cm³/mol. The number of carbonyl (C=O) groups is 1. The quantitative estimate of drug-likeness (QED) is 0.468. The minimum atomic E-state index is -4.03. The summed E-state index contributed by atoms with van der Waals surface area (Å²) < 4.78 is 55.9. The van der Waals surface area contributed by atoms with Gasteiger partial charge >= 0.3 is 19.4 Å². The summed E-state index contributed by atoms with van der Waals surface area (Å²) in [6.07, 6.45) is -3.00. The van der Waals surface area contributed by atoms with E-state index >= 15 is 4.39 Å². The summed E-state index contributed by atoms with van der Waals surface area (Å²) in [6, 6.07) is 0.0316. The molecule has 31 heavy (non-hydrogen) atoms. The minimum absolute atomic E-state index is 0.372. The van der Waals surface area contributed by atoms with E-state index in [9.17, 15) is 18.9 Å². The lowest BCUT2D eigenvalue weighted by Gasteiger charge is -2.31. The van der Waals surface area contributed by atoms with Gasteiger partial charge in [0.05, 0.1) is 12.7 Å². The maximum Gasteiger partial charge on any atom is 0.408 e. The Morgan fingerprint density at radius 1 is 1.39 bits per heavy atom. The molecule has 0 aliphatic carbocycles. The molecule has 6 atom stereocenters. The highest BCUT2D eigenvalue weighted by Gasteiger charge is 2.58. The summed E-state index contributed by atoms with van der Waals surface area (Å²) >= 11 is 0. The molecule has 2 aliphatic heterocycles. The first-order valence-corrected chi connectivity index (χ1v) is 11.1. The molecule has 2 aliphatic rings. The zero-order valence-electron chi connectivity index (χ0n) is 17.4. The van der Waals surface area contributed by atoms with Gasteiger partial charge in [-0.25, -0.2) is 18.8 Å². The summed E-state index contributed by atoms with van der Waals surface area (Å²) in [5, 5.41) is 2.44. The number of rotatable bonds is 5. The molecule has 3 rings (SSSR count). The number of aromatic amines is 1. The largest absolute Gasteiger partial charge is 0.462 e. The fraction of sp³-hybridized carbons (Fsp3) is 0.706. The summed E-state index contributed by atoms with van der Waals surface area (Å²) in [4.78, 5) is 37.4. The molecule has 14 heteroatoms. The number of aromatic nitrogens is 2. The van der Waals surface area contributed by atoms with Crippen LogP contribution in [0.1, 0.15) is 33.9 Å². The van der Waals surface area contributed by atoms with Crippen LogP contribution in [-0.4, -0.2) is 58.9 Å². The van der Waals surface area contributed by atoms with Crippen molar-refractivity contribution >= 4 is 13.7 Å². The molecule has 0 spiro atoms. The molecule has 2 N–H and O–H groups in total. The first kappa shape index (κ1) is 23.8. The van der Waals surface area contributed by atoms with E-state index < -0.39 is 68.5 Å². The number of hydrogen-bond donors (Lipinski definition) is 2. The summed E-state index contributed by atoms with van der Waals surface area (Å²) in [7, 11) is -4.03. The number of H-pyrrole nitrogens is 1. The topological polar surface area (TPSA) is 147 Å². The second-order valence-electron chi connectivity index (χ2n) is 7.66. The smallest absolute Gasteiger partial charge is 0.408 e. The van der Waals surface area contributed by atoms with Crippen molar-refractivity contribution in [3.63, 3.8) is 0 Å². The van der Waals surface area contributed by atoms with Crippen molar-refractivity contribution in [2.75, 3.05) is 13.4 Å². The zero-order chi connectivity index (χ0) is 23.0. The molecule has 1 aromatic heterocycles. The van der Waals surface area contributed by atoms with Crippen LogP contribution in [0.25, 0.3) is 0 Å². The Kier molecular flexibility index (Phi) is 6.84. The third kappa shape index (κ3) is 5.13. The van der Waals surface area contributed by atoms with Gasteiger partial charge in [0.1, 0.15) is 18.2 Å². The maximum absolute atomic E-state index is 15.6. The van der Waals surface area contributed by atoms with E-state index in [-0.39, 0.29) is 6.10 Å². The molecule has 2 fully saturated rings. The van der Waals surface area contributed by atoms with Crippen molar-refractivity contribution in [3.05, 3.63) is 33.1 Å². The summed E-state index contributed by atoms with van der Waals surface area (Å²) in [6.45, 7) is 4.87. The van der Waals surface area contributed by atoms with Crippen LogP contribution in [0.3, 0.4) is 0 Å². The van der Waals surface area contributed by atoms with Crippen LogP contribution in [0, 0.1) is 0 Å². The van der Waals surface area contributed by atoms with Crippen LogP contribution in [-0.2, 0) is 32.6 Å². The van der Waals surface area contributed by atoms with E-state index in [2.05, 4.69) is 5.09 Å². The van der Waals surface area contributed by atoms with Gasteiger partial charge in [-0.2, -0.15) is 0 Å². The number of halogens is 1. The Labute approximate surface area is 176 Å². The van der Waals surface area contributed by atoms with Gasteiger partial charge in [0.25, 0.3) is 5.56 Å². The number of esters is 1. The SMILES string of the molecule is CC(C)OC(=O)[C@H](C)NP1(=O)OCO[C@@H]2[C@@H](CO1)O[C@@H](n1ccc(=O)[nH]c1=O)[C@]2(C)F. The average Bonchev–Trinajstić information content (AvgIpc) is 2.88. The summed E-state index contributed by atoms with van der Waals surface area (Å²) in [5.41, 5.74) is -3.73. The van der Waals surface area contributed by atoms with Gasteiger partial charge in [0, 0.05) is 12.3 Å². The molecule has 0 saturated carbocycles. The highest BCUT2D eigenvalue weighted by Crippen LogP contribution is 2.49. The van der Waals surface area contributed by atoms with E-state index in [0.29, 0.717) is 0 Å². The Morgan fingerprint density at radius 2 is 2.10 bits per heavy atom. The van der Waals surface area contributed by atoms with Crippen molar-refractivity contribution in [3.8, 4) is 0 Å². The lowest BCUT2D eigenvalue weighted by molar-refractivity contribution is -0.149.